The van der Waals surface area contributed by atoms with Crippen LogP contribution in [0.3, 0.4) is 0 Å². The fourth-order valence-corrected chi connectivity index (χ4v) is 3.69. The SMILES string of the molecule is CCNC(=NCc1ccc(C)cc1OCCOC)NCc1ccn(C2CCCC2)n1.I. The highest BCUT2D eigenvalue weighted by molar-refractivity contribution is 14.0. The zero-order valence-electron chi connectivity index (χ0n) is 18.9. The van der Waals surface area contributed by atoms with Crippen molar-refractivity contribution in [2.75, 3.05) is 26.9 Å². The molecule has 0 aliphatic heterocycles. The predicted molar refractivity (Wildman–Crippen MR) is 135 cm³/mol. The maximum Gasteiger partial charge on any atom is 0.191 e. The van der Waals surface area contributed by atoms with Gasteiger partial charge in [-0.2, -0.15) is 5.10 Å². The summed E-state index contributed by atoms with van der Waals surface area (Å²) in [5, 5.41) is 11.5. The Morgan fingerprint density at radius 1 is 1.19 bits per heavy atom. The number of rotatable bonds is 10. The third kappa shape index (κ3) is 7.99. The minimum atomic E-state index is 0. The molecule has 1 heterocycles. The number of guanidine groups is 1. The van der Waals surface area contributed by atoms with E-state index in [1.54, 1.807) is 7.11 Å². The first-order valence-electron chi connectivity index (χ1n) is 11.0. The van der Waals surface area contributed by atoms with Crippen molar-refractivity contribution in [2.45, 2.75) is 58.7 Å². The van der Waals surface area contributed by atoms with Gasteiger partial charge in [-0.05, 0) is 44.4 Å². The zero-order chi connectivity index (χ0) is 21.2. The van der Waals surface area contributed by atoms with Crippen molar-refractivity contribution in [2.24, 2.45) is 4.99 Å². The minimum Gasteiger partial charge on any atom is -0.491 e. The van der Waals surface area contributed by atoms with Crippen molar-refractivity contribution in [1.82, 2.24) is 20.4 Å². The second kappa shape index (κ2) is 13.6. The van der Waals surface area contributed by atoms with Gasteiger partial charge in [0.1, 0.15) is 12.4 Å². The van der Waals surface area contributed by atoms with Crippen LogP contribution in [0.25, 0.3) is 0 Å². The van der Waals surface area contributed by atoms with E-state index in [0.29, 0.717) is 32.3 Å². The third-order valence-electron chi connectivity index (χ3n) is 5.32. The summed E-state index contributed by atoms with van der Waals surface area (Å²) in [6.07, 6.45) is 7.21. The van der Waals surface area contributed by atoms with Crippen LogP contribution in [-0.4, -0.2) is 42.6 Å². The molecule has 0 atom stereocenters. The first kappa shape index (κ1) is 25.5. The van der Waals surface area contributed by atoms with E-state index in [-0.39, 0.29) is 24.0 Å². The zero-order valence-corrected chi connectivity index (χ0v) is 21.2. The topological polar surface area (TPSA) is 72.7 Å². The lowest BCUT2D eigenvalue weighted by Crippen LogP contribution is -2.37. The smallest absolute Gasteiger partial charge is 0.191 e. The molecule has 2 N–H and O–H groups in total. The summed E-state index contributed by atoms with van der Waals surface area (Å²) in [5.41, 5.74) is 3.25. The Morgan fingerprint density at radius 3 is 2.74 bits per heavy atom. The number of methoxy groups -OCH3 is 1. The number of benzene rings is 1. The maximum atomic E-state index is 5.88. The molecule has 1 aromatic heterocycles. The highest BCUT2D eigenvalue weighted by Gasteiger charge is 2.17. The van der Waals surface area contributed by atoms with Gasteiger partial charge in [0.2, 0.25) is 0 Å². The molecule has 0 radical (unpaired) electrons. The van der Waals surface area contributed by atoms with Crippen LogP contribution in [0.15, 0.2) is 35.5 Å². The van der Waals surface area contributed by atoms with Gasteiger partial charge >= 0.3 is 0 Å². The van der Waals surface area contributed by atoms with Crippen LogP contribution in [0.1, 0.15) is 55.5 Å². The molecule has 7 nitrogen and oxygen atoms in total. The minimum absolute atomic E-state index is 0. The first-order valence-corrected chi connectivity index (χ1v) is 11.0. The third-order valence-corrected chi connectivity index (χ3v) is 5.32. The Balaban J connectivity index is 0.00000341. The summed E-state index contributed by atoms with van der Waals surface area (Å²) in [5.74, 6) is 1.64. The molecule has 3 rings (SSSR count). The lowest BCUT2D eigenvalue weighted by atomic mass is 10.1. The second-order valence-electron chi connectivity index (χ2n) is 7.73. The number of nitrogens with zero attached hydrogens (tertiary/aromatic N) is 3. The molecular formula is C23H36IN5O2. The van der Waals surface area contributed by atoms with Crippen molar-refractivity contribution in [3.8, 4) is 5.75 Å². The average Bonchev–Trinajstić information content (AvgIpc) is 3.43. The van der Waals surface area contributed by atoms with Gasteiger partial charge in [0.05, 0.1) is 31.4 Å². The van der Waals surface area contributed by atoms with E-state index < -0.39 is 0 Å². The van der Waals surface area contributed by atoms with Crippen LogP contribution in [0.5, 0.6) is 5.75 Å². The van der Waals surface area contributed by atoms with E-state index in [0.717, 1.165) is 35.1 Å². The molecule has 0 amide bonds. The maximum absolute atomic E-state index is 5.88. The molecule has 1 saturated carbocycles. The highest BCUT2D eigenvalue weighted by Crippen LogP contribution is 2.28. The number of aliphatic imine (C=N–C) groups is 1. The summed E-state index contributed by atoms with van der Waals surface area (Å²) in [6.45, 7) is 7.20. The van der Waals surface area contributed by atoms with Crippen LogP contribution >= 0.6 is 24.0 Å². The second-order valence-corrected chi connectivity index (χ2v) is 7.73. The van der Waals surface area contributed by atoms with Crippen LogP contribution in [0.4, 0.5) is 0 Å². The number of halogens is 1. The molecule has 1 fully saturated rings. The Morgan fingerprint density at radius 2 is 2.00 bits per heavy atom. The molecule has 2 aromatic rings. The Bertz CT molecular complexity index is 818. The van der Waals surface area contributed by atoms with Crippen molar-refractivity contribution in [1.29, 1.82) is 0 Å². The van der Waals surface area contributed by atoms with E-state index >= 15 is 0 Å². The standard InChI is InChI=1S/C23H35N5O2.HI/c1-4-24-23(26-17-20-11-12-28(27-20)21-7-5-6-8-21)25-16-19-10-9-18(2)15-22(19)30-14-13-29-3;/h9-12,15,21H,4-8,13-14,16-17H2,1-3H3,(H2,24,25,26);1H. The molecule has 0 unspecified atom stereocenters. The molecule has 8 heteroatoms. The van der Waals surface area contributed by atoms with E-state index in [1.165, 1.54) is 25.7 Å². The van der Waals surface area contributed by atoms with Gasteiger partial charge in [-0.15, -0.1) is 24.0 Å². The van der Waals surface area contributed by atoms with Crippen LogP contribution in [-0.2, 0) is 17.8 Å². The number of hydrogen-bond donors (Lipinski definition) is 2. The first-order chi connectivity index (χ1) is 14.7. The highest BCUT2D eigenvalue weighted by atomic mass is 127. The van der Waals surface area contributed by atoms with Crippen molar-refractivity contribution in [3.05, 3.63) is 47.3 Å². The van der Waals surface area contributed by atoms with Gasteiger partial charge in [-0.3, -0.25) is 4.68 Å². The largest absolute Gasteiger partial charge is 0.491 e. The van der Waals surface area contributed by atoms with Crippen LogP contribution in [0, 0.1) is 6.92 Å². The molecule has 1 aliphatic carbocycles. The van der Waals surface area contributed by atoms with Gasteiger partial charge in [0.25, 0.3) is 0 Å². The molecule has 1 aliphatic rings. The molecule has 172 valence electrons. The lowest BCUT2D eigenvalue weighted by Gasteiger charge is -2.13. The van der Waals surface area contributed by atoms with Gasteiger partial charge in [-0.1, -0.05) is 25.0 Å². The van der Waals surface area contributed by atoms with E-state index in [4.69, 9.17) is 19.6 Å². The molecule has 1 aromatic carbocycles. The van der Waals surface area contributed by atoms with Crippen molar-refractivity contribution < 1.29 is 9.47 Å². The predicted octanol–water partition coefficient (Wildman–Crippen LogP) is 4.21. The number of nitrogens with one attached hydrogen (secondary N) is 2. The van der Waals surface area contributed by atoms with Gasteiger partial charge < -0.3 is 20.1 Å². The Hall–Kier alpha value is -1.81. The molecule has 0 spiro atoms. The number of ether oxygens (including phenoxy) is 2. The fraction of sp³-hybridized carbons (Fsp3) is 0.565. The molecule has 0 bridgehead atoms. The summed E-state index contributed by atoms with van der Waals surface area (Å²) in [7, 11) is 1.68. The van der Waals surface area contributed by atoms with E-state index in [2.05, 4.69) is 59.6 Å². The monoisotopic (exact) mass is 541 g/mol. The Kier molecular flexibility index (Phi) is 11.1. The summed E-state index contributed by atoms with van der Waals surface area (Å²) in [4.78, 5) is 4.75. The van der Waals surface area contributed by atoms with Crippen LogP contribution in [0.2, 0.25) is 0 Å². The fourth-order valence-electron chi connectivity index (χ4n) is 3.69. The molecule has 0 saturated heterocycles. The number of hydrogen-bond acceptors (Lipinski definition) is 4. The average molecular weight is 541 g/mol. The van der Waals surface area contributed by atoms with Crippen molar-refractivity contribution >= 4 is 29.9 Å². The summed E-state index contributed by atoms with van der Waals surface area (Å²) in [6, 6.07) is 8.88. The number of aromatic nitrogens is 2. The number of aryl methyl sites for hydroxylation is 1. The Labute approximate surface area is 203 Å². The van der Waals surface area contributed by atoms with Crippen LogP contribution < -0.4 is 15.4 Å². The van der Waals surface area contributed by atoms with Gasteiger partial charge in [0.15, 0.2) is 5.96 Å². The normalized spacial score (nSPS) is 14.4. The van der Waals surface area contributed by atoms with E-state index in [9.17, 15) is 0 Å². The van der Waals surface area contributed by atoms with Gasteiger partial charge in [0, 0.05) is 25.4 Å². The quantitative estimate of drug-likeness (QED) is 0.204. The van der Waals surface area contributed by atoms with E-state index in [1.807, 2.05) is 0 Å². The van der Waals surface area contributed by atoms with Gasteiger partial charge in [-0.25, -0.2) is 4.99 Å². The van der Waals surface area contributed by atoms with Crippen molar-refractivity contribution in [3.63, 3.8) is 0 Å². The molecule has 31 heavy (non-hydrogen) atoms. The molecular weight excluding hydrogens is 505 g/mol. The summed E-state index contributed by atoms with van der Waals surface area (Å²) >= 11 is 0. The summed E-state index contributed by atoms with van der Waals surface area (Å²) < 4.78 is 13.1. The lowest BCUT2D eigenvalue weighted by molar-refractivity contribution is 0.145.